The maximum Gasteiger partial charge on any atom is 0.264 e. The summed E-state index contributed by atoms with van der Waals surface area (Å²) in [7, 11) is 0. The highest BCUT2D eigenvalue weighted by Crippen LogP contribution is 2.33. The average molecular weight is 302 g/mol. The number of nitrogens with zero attached hydrogens (tertiary/aromatic N) is 1. The number of rotatable bonds is 3. The van der Waals surface area contributed by atoms with Gasteiger partial charge in [-0.1, -0.05) is 31.5 Å². The van der Waals surface area contributed by atoms with Crippen molar-refractivity contribution in [2.45, 2.75) is 26.2 Å². The zero-order valence-corrected chi connectivity index (χ0v) is 13.3. The summed E-state index contributed by atoms with van der Waals surface area (Å²) in [6, 6.07) is 8.40. The van der Waals surface area contributed by atoms with Gasteiger partial charge in [0, 0.05) is 24.3 Å². The summed E-state index contributed by atoms with van der Waals surface area (Å²) < 4.78 is 1.23. The Morgan fingerprint density at radius 1 is 1.29 bits per heavy atom. The second kappa shape index (κ2) is 6.58. The van der Waals surface area contributed by atoms with Gasteiger partial charge in [0.25, 0.3) is 5.91 Å². The number of aryl methyl sites for hydroxylation is 1. The molecule has 0 radical (unpaired) electrons. The van der Waals surface area contributed by atoms with E-state index in [-0.39, 0.29) is 5.91 Å². The molecule has 1 aliphatic rings. The van der Waals surface area contributed by atoms with Crippen LogP contribution in [0.1, 0.15) is 35.0 Å². The van der Waals surface area contributed by atoms with Crippen LogP contribution in [0.4, 0.5) is 0 Å². The summed E-state index contributed by atoms with van der Waals surface area (Å²) in [6.07, 6.45) is 3.10. The molecule has 1 aromatic carbocycles. The lowest BCUT2D eigenvalue weighted by Crippen LogP contribution is -2.34. The minimum absolute atomic E-state index is 0.225. The Kier molecular flexibility index (Phi) is 4.56. The van der Waals surface area contributed by atoms with Crippen LogP contribution in [0.5, 0.6) is 0 Å². The number of hydrogen-bond acceptors (Lipinski definition) is 3. The van der Waals surface area contributed by atoms with E-state index in [0.29, 0.717) is 0 Å². The zero-order chi connectivity index (χ0) is 14.7. The molecule has 0 atom stereocenters. The number of thiophene rings is 1. The summed E-state index contributed by atoms with van der Waals surface area (Å²) in [4.78, 5) is 15.9. The van der Waals surface area contributed by atoms with E-state index in [1.165, 1.54) is 15.6 Å². The smallest absolute Gasteiger partial charge is 0.264 e. The Bertz CT molecular complexity index is 627. The highest BCUT2D eigenvalue weighted by Gasteiger charge is 2.23. The Morgan fingerprint density at radius 3 is 3.00 bits per heavy atom. The molecular formula is C17H22N2OS. The van der Waals surface area contributed by atoms with E-state index in [9.17, 15) is 4.79 Å². The molecule has 3 nitrogen and oxygen atoms in total. The van der Waals surface area contributed by atoms with Gasteiger partial charge < -0.3 is 10.2 Å². The molecule has 1 amide bonds. The number of hydrogen-bond donors (Lipinski definition) is 1. The molecule has 2 heterocycles. The van der Waals surface area contributed by atoms with Crippen molar-refractivity contribution in [1.29, 1.82) is 0 Å². The number of amides is 1. The largest absolute Gasteiger partial charge is 0.337 e. The number of fused-ring (bicyclic) bond motifs is 1. The van der Waals surface area contributed by atoms with Gasteiger partial charge in [-0.25, -0.2) is 0 Å². The molecular weight excluding hydrogens is 280 g/mol. The average Bonchev–Trinajstić information content (AvgIpc) is 2.70. The van der Waals surface area contributed by atoms with E-state index in [0.717, 1.165) is 50.3 Å². The molecule has 3 rings (SSSR count). The first-order valence-corrected chi connectivity index (χ1v) is 8.63. The van der Waals surface area contributed by atoms with E-state index in [4.69, 9.17) is 0 Å². The third-order valence-electron chi connectivity index (χ3n) is 4.02. The van der Waals surface area contributed by atoms with Crippen LogP contribution in [0.15, 0.2) is 24.3 Å². The Morgan fingerprint density at radius 2 is 2.14 bits per heavy atom. The fourth-order valence-electron chi connectivity index (χ4n) is 2.96. The quantitative estimate of drug-likeness (QED) is 0.943. The minimum Gasteiger partial charge on any atom is -0.337 e. The fraction of sp³-hybridized carbons (Fsp3) is 0.471. The predicted octanol–water partition coefficient (Wildman–Crippen LogP) is 3.29. The van der Waals surface area contributed by atoms with Gasteiger partial charge in [-0.3, -0.25) is 4.79 Å². The lowest BCUT2D eigenvalue weighted by Gasteiger charge is -2.19. The summed E-state index contributed by atoms with van der Waals surface area (Å²) >= 11 is 1.66. The molecule has 1 fully saturated rings. The Balaban J connectivity index is 1.97. The van der Waals surface area contributed by atoms with Crippen molar-refractivity contribution in [1.82, 2.24) is 10.2 Å². The monoisotopic (exact) mass is 302 g/mol. The second-order valence-electron chi connectivity index (χ2n) is 5.55. The van der Waals surface area contributed by atoms with E-state index in [1.807, 2.05) is 4.90 Å². The minimum atomic E-state index is 0.225. The first kappa shape index (κ1) is 14.5. The molecule has 2 aromatic rings. The van der Waals surface area contributed by atoms with Gasteiger partial charge >= 0.3 is 0 Å². The van der Waals surface area contributed by atoms with E-state index in [1.54, 1.807) is 11.3 Å². The molecule has 0 unspecified atom stereocenters. The van der Waals surface area contributed by atoms with Gasteiger partial charge in [-0.05, 0) is 36.4 Å². The van der Waals surface area contributed by atoms with Crippen LogP contribution < -0.4 is 5.32 Å². The van der Waals surface area contributed by atoms with Crippen LogP contribution in [0.25, 0.3) is 10.1 Å². The van der Waals surface area contributed by atoms with Crippen LogP contribution in [0.3, 0.4) is 0 Å². The number of benzene rings is 1. The molecule has 0 bridgehead atoms. The van der Waals surface area contributed by atoms with Gasteiger partial charge in [0.1, 0.15) is 0 Å². The van der Waals surface area contributed by atoms with E-state index < -0.39 is 0 Å². The number of carbonyl (C=O) groups is 1. The van der Waals surface area contributed by atoms with Crippen molar-refractivity contribution in [3.63, 3.8) is 0 Å². The van der Waals surface area contributed by atoms with Crippen LogP contribution in [0, 0.1) is 0 Å². The predicted molar refractivity (Wildman–Crippen MR) is 89.2 cm³/mol. The SMILES string of the molecule is CCCc1c(C(=O)N2CCCNCC2)sc2ccccc12. The summed E-state index contributed by atoms with van der Waals surface area (Å²) in [5.74, 6) is 0.225. The highest BCUT2D eigenvalue weighted by molar-refractivity contribution is 7.21. The zero-order valence-electron chi connectivity index (χ0n) is 12.5. The van der Waals surface area contributed by atoms with Gasteiger partial charge in [-0.15, -0.1) is 11.3 Å². The van der Waals surface area contributed by atoms with Crippen LogP contribution in [-0.4, -0.2) is 37.0 Å². The molecule has 1 saturated heterocycles. The van der Waals surface area contributed by atoms with Gasteiger partial charge in [-0.2, -0.15) is 0 Å². The maximum atomic E-state index is 12.9. The lowest BCUT2D eigenvalue weighted by atomic mass is 10.1. The van der Waals surface area contributed by atoms with Gasteiger partial charge in [0.2, 0.25) is 0 Å². The number of carbonyl (C=O) groups excluding carboxylic acids is 1. The maximum absolute atomic E-state index is 12.9. The third-order valence-corrected chi connectivity index (χ3v) is 5.22. The van der Waals surface area contributed by atoms with Crippen molar-refractivity contribution in [3.8, 4) is 0 Å². The lowest BCUT2D eigenvalue weighted by molar-refractivity contribution is 0.0770. The summed E-state index contributed by atoms with van der Waals surface area (Å²) in [5.41, 5.74) is 1.25. The molecule has 112 valence electrons. The molecule has 21 heavy (non-hydrogen) atoms. The summed E-state index contributed by atoms with van der Waals surface area (Å²) in [5, 5.41) is 4.62. The molecule has 1 N–H and O–H groups in total. The normalized spacial score (nSPS) is 16.1. The van der Waals surface area contributed by atoms with Crippen molar-refractivity contribution >= 4 is 27.3 Å². The molecule has 0 aliphatic carbocycles. The molecule has 1 aromatic heterocycles. The van der Waals surface area contributed by atoms with Crippen molar-refractivity contribution in [3.05, 3.63) is 34.7 Å². The van der Waals surface area contributed by atoms with E-state index in [2.05, 4.69) is 36.5 Å². The van der Waals surface area contributed by atoms with Gasteiger partial charge in [0.05, 0.1) is 4.88 Å². The van der Waals surface area contributed by atoms with Crippen molar-refractivity contribution < 1.29 is 4.79 Å². The number of nitrogens with one attached hydrogen (secondary N) is 1. The van der Waals surface area contributed by atoms with E-state index >= 15 is 0 Å². The third kappa shape index (κ3) is 2.97. The topological polar surface area (TPSA) is 32.3 Å². The first-order chi connectivity index (χ1) is 10.3. The Hall–Kier alpha value is -1.39. The molecule has 4 heteroatoms. The van der Waals surface area contributed by atoms with Crippen molar-refractivity contribution in [2.24, 2.45) is 0 Å². The first-order valence-electron chi connectivity index (χ1n) is 7.81. The highest BCUT2D eigenvalue weighted by atomic mass is 32.1. The van der Waals surface area contributed by atoms with Crippen LogP contribution in [0.2, 0.25) is 0 Å². The Labute approximate surface area is 130 Å². The second-order valence-corrected chi connectivity index (χ2v) is 6.60. The van der Waals surface area contributed by atoms with Crippen LogP contribution >= 0.6 is 11.3 Å². The molecule has 0 spiro atoms. The van der Waals surface area contributed by atoms with Gasteiger partial charge in [0.15, 0.2) is 0 Å². The molecule has 1 aliphatic heterocycles. The summed E-state index contributed by atoms with van der Waals surface area (Å²) in [6.45, 7) is 5.78. The fourth-order valence-corrected chi connectivity index (χ4v) is 4.18. The molecule has 0 saturated carbocycles. The standard InChI is InChI=1S/C17H22N2OS/c1-2-6-14-13-7-3-4-8-15(13)21-16(14)17(20)19-11-5-9-18-10-12-19/h3-4,7-8,18H,2,5-6,9-12H2,1H3. The van der Waals surface area contributed by atoms with Crippen molar-refractivity contribution in [2.75, 3.05) is 26.2 Å². The van der Waals surface area contributed by atoms with Crippen LogP contribution in [-0.2, 0) is 6.42 Å².